The molecule has 4 aromatic rings. The first kappa shape index (κ1) is 14.4. The van der Waals surface area contributed by atoms with Crippen molar-refractivity contribution in [2.45, 2.75) is 13.5 Å². The average Bonchev–Trinajstić information content (AvgIpc) is 2.92. The molecule has 0 saturated heterocycles. The van der Waals surface area contributed by atoms with Crippen molar-refractivity contribution >= 4 is 22.5 Å². The number of rotatable bonds is 3. The van der Waals surface area contributed by atoms with Gasteiger partial charge in [0, 0.05) is 11.8 Å². The minimum absolute atomic E-state index is 0.168. The van der Waals surface area contributed by atoms with Crippen molar-refractivity contribution in [1.29, 1.82) is 0 Å². The molecule has 6 heteroatoms. The highest BCUT2D eigenvalue weighted by atomic mass is 19.1. The summed E-state index contributed by atoms with van der Waals surface area (Å²) in [6, 6.07) is 13.9. The molecule has 120 valence electrons. The van der Waals surface area contributed by atoms with E-state index in [-0.39, 0.29) is 11.4 Å². The van der Waals surface area contributed by atoms with Crippen molar-refractivity contribution in [3.05, 3.63) is 76.0 Å². The Balaban J connectivity index is 1.70. The Morgan fingerprint density at radius 3 is 2.88 bits per heavy atom. The Labute approximate surface area is 136 Å². The maximum atomic E-state index is 13.9. The van der Waals surface area contributed by atoms with E-state index in [1.54, 1.807) is 6.07 Å². The minimum atomic E-state index is -0.315. The number of nitrogens with one attached hydrogen (secondary N) is 2. The lowest BCUT2D eigenvalue weighted by Crippen LogP contribution is -2.16. The molecule has 0 unspecified atom stereocenters. The van der Waals surface area contributed by atoms with Crippen LogP contribution in [0.4, 0.5) is 10.1 Å². The van der Waals surface area contributed by atoms with Gasteiger partial charge in [-0.05, 0) is 36.8 Å². The Morgan fingerprint density at radius 1 is 1.21 bits per heavy atom. The molecule has 2 heterocycles. The maximum Gasteiger partial charge on any atom is 0.259 e. The largest absolute Gasteiger partial charge is 0.377 e. The van der Waals surface area contributed by atoms with Crippen molar-refractivity contribution in [2.24, 2.45) is 0 Å². The molecule has 0 aliphatic rings. The van der Waals surface area contributed by atoms with E-state index in [4.69, 9.17) is 0 Å². The molecule has 0 atom stereocenters. The molecular weight excluding hydrogens is 307 g/mol. The zero-order valence-electron chi connectivity index (χ0n) is 13.0. The smallest absolute Gasteiger partial charge is 0.259 e. The molecule has 0 amide bonds. The fourth-order valence-electron chi connectivity index (χ4n) is 2.78. The van der Waals surface area contributed by atoms with Crippen molar-refractivity contribution < 1.29 is 4.39 Å². The van der Waals surface area contributed by atoms with Crippen LogP contribution >= 0.6 is 0 Å². The van der Waals surface area contributed by atoms with Gasteiger partial charge in [0.05, 0.1) is 23.3 Å². The molecule has 2 aromatic heterocycles. The molecule has 0 radical (unpaired) electrons. The van der Waals surface area contributed by atoms with Gasteiger partial charge in [0.1, 0.15) is 5.82 Å². The van der Waals surface area contributed by atoms with E-state index in [1.165, 1.54) is 16.5 Å². The molecule has 0 spiro atoms. The number of nitrogens with zero attached hydrogens (tertiary/aromatic N) is 2. The zero-order chi connectivity index (χ0) is 16.7. The standard InChI is InChI=1S/C18H15FN4O/c1-11-6-7-14(13(19)8-11)20-10-12-9-17(24)23-16-5-3-2-4-15(16)22-18(23)21-12/h2-9,20H,10H2,1H3,(H,21,22). The summed E-state index contributed by atoms with van der Waals surface area (Å²) in [6.45, 7) is 2.14. The third kappa shape index (κ3) is 2.42. The summed E-state index contributed by atoms with van der Waals surface area (Å²) in [6.07, 6.45) is 0. The number of benzene rings is 2. The lowest BCUT2D eigenvalue weighted by molar-refractivity contribution is 0.629. The molecule has 0 aliphatic heterocycles. The highest BCUT2D eigenvalue weighted by molar-refractivity contribution is 5.79. The van der Waals surface area contributed by atoms with Crippen molar-refractivity contribution in [2.75, 3.05) is 5.32 Å². The molecule has 2 N–H and O–H groups in total. The van der Waals surface area contributed by atoms with E-state index >= 15 is 0 Å². The number of hydrogen-bond donors (Lipinski definition) is 2. The van der Waals surface area contributed by atoms with Gasteiger partial charge < -0.3 is 10.3 Å². The average molecular weight is 322 g/mol. The van der Waals surface area contributed by atoms with Crippen LogP contribution in [0.5, 0.6) is 0 Å². The van der Waals surface area contributed by atoms with E-state index in [0.717, 1.165) is 16.6 Å². The molecular formula is C18H15FN4O. The highest BCUT2D eigenvalue weighted by Gasteiger charge is 2.09. The highest BCUT2D eigenvalue weighted by Crippen LogP contribution is 2.17. The first-order valence-corrected chi connectivity index (χ1v) is 7.61. The fraction of sp³-hybridized carbons (Fsp3) is 0.111. The van der Waals surface area contributed by atoms with Gasteiger partial charge in [-0.2, -0.15) is 0 Å². The number of H-pyrrole nitrogens is 1. The van der Waals surface area contributed by atoms with Crippen LogP contribution in [0.2, 0.25) is 0 Å². The van der Waals surface area contributed by atoms with Crippen LogP contribution in [0.25, 0.3) is 16.8 Å². The number of fused-ring (bicyclic) bond motifs is 3. The number of hydrogen-bond acceptors (Lipinski definition) is 3. The third-order valence-corrected chi connectivity index (χ3v) is 3.95. The monoisotopic (exact) mass is 322 g/mol. The minimum Gasteiger partial charge on any atom is -0.377 e. The summed E-state index contributed by atoms with van der Waals surface area (Å²) < 4.78 is 15.4. The Hall–Kier alpha value is -3.15. The summed E-state index contributed by atoms with van der Waals surface area (Å²) >= 11 is 0. The molecule has 0 saturated carbocycles. The first-order valence-electron chi connectivity index (χ1n) is 7.61. The van der Waals surface area contributed by atoms with Crippen LogP contribution in [-0.2, 0) is 6.54 Å². The normalized spacial score (nSPS) is 11.2. The quantitative estimate of drug-likeness (QED) is 0.609. The number of anilines is 1. The number of aromatic nitrogens is 3. The predicted molar refractivity (Wildman–Crippen MR) is 91.8 cm³/mol. The number of halogens is 1. The third-order valence-electron chi connectivity index (χ3n) is 3.95. The summed E-state index contributed by atoms with van der Waals surface area (Å²) in [5, 5.41) is 3.00. The number of imidazole rings is 1. The van der Waals surface area contributed by atoms with Gasteiger partial charge in [-0.3, -0.25) is 4.79 Å². The Bertz CT molecular complexity index is 1110. The van der Waals surface area contributed by atoms with Gasteiger partial charge in [-0.15, -0.1) is 0 Å². The second kappa shape index (κ2) is 5.49. The number of aryl methyl sites for hydroxylation is 1. The van der Waals surface area contributed by atoms with Gasteiger partial charge in [-0.1, -0.05) is 18.2 Å². The molecule has 2 aromatic carbocycles. The van der Waals surface area contributed by atoms with Crippen molar-refractivity contribution in [1.82, 2.24) is 14.4 Å². The van der Waals surface area contributed by atoms with Crippen LogP contribution in [0.1, 0.15) is 11.3 Å². The van der Waals surface area contributed by atoms with Gasteiger partial charge in [0.25, 0.3) is 5.56 Å². The van der Waals surface area contributed by atoms with E-state index in [0.29, 0.717) is 23.7 Å². The van der Waals surface area contributed by atoms with Gasteiger partial charge in [-0.25, -0.2) is 13.8 Å². The van der Waals surface area contributed by atoms with E-state index in [1.807, 2.05) is 37.3 Å². The fourth-order valence-corrected chi connectivity index (χ4v) is 2.78. The van der Waals surface area contributed by atoms with Crippen LogP contribution in [-0.4, -0.2) is 14.4 Å². The van der Waals surface area contributed by atoms with E-state index in [2.05, 4.69) is 15.3 Å². The van der Waals surface area contributed by atoms with Crippen LogP contribution < -0.4 is 10.9 Å². The van der Waals surface area contributed by atoms with E-state index in [9.17, 15) is 9.18 Å². The SMILES string of the molecule is Cc1ccc(NCc2cc(=O)n3c(nc4ccccc43)[nH]2)c(F)c1. The number of para-hydroxylation sites is 2. The van der Waals surface area contributed by atoms with Crippen molar-refractivity contribution in [3.63, 3.8) is 0 Å². The Morgan fingerprint density at radius 2 is 2.04 bits per heavy atom. The molecule has 5 nitrogen and oxygen atoms in total. The predicted octanol–water partition coefficient (Wildman–Crippen LogP) is 3.24. The summed E-state index contributed by atoms with van der Waals surface area (Å²) in [4.78, 5) is 20.0. The first-order chi connectivity index (χ1) is 11.6. The van der Waals surface area contributed by atoms with Gasteiger partial charge in [0.2, 0.25) is 5.78 Å². The Kier molecular flexibility index (Phi) is 3.30. The lowest BCUT2D eigenvalue weighted by Gasteiger charge is -2.08. The molecule has 24 heavy (non-hydrogen) atoms. The van der Waals surface area contributed by atoms with Crippen LogP contribution in [0, 0.1) is 12.7 Å². The lowest BCUT2D eigenvalue weighted by atomic mass is 10.2. The second-order valence-electron chi connectivity index (χ2n) is 5.73. The second-order valence-corrected chi connectivity index (χ2v) is 5.73. The molecule has 0 fully saturated rings. The molecule has 0 aliphatic carbocycles. The van der Waals surface area contributed by atoms with E-state index < -0.39 is 0 Å². The van der Waals surface area contributed by atoms with Crippen LogP contribution in [0.15, 0.2) is 53.3 Å². The maximum absolute atomic E-state index is 13.9. The van der Waals surface area contributed by atoms with Crippen molar-refractivity contribution in [3.8, 4) is 0 Å². The molecule has 0 bridgehead atoms. The molecule has 4 rings (SSSR count). The topological polar surface area (TPSA) is 62.2 Å². The van der Waals surface area contributed by atoms with Gasteiger partial charge >= 0.3 is 0 Å². The number of aromatic amines is 1. The zero-order valence-corrected chi connectivity index (χ0v) is 13.0. The van der Waals surface area contributed by atoms with Crippen LogP contribution in [0.3, 0.4) is 0 Å². The summed E-state index contributed by atoms with van der Waals surface area (Å²) in [5.41, 5.74) is 3.24. The van der Waals surface area contributed by atoms with Gasteiger partial charge in [0.15, 0.2) is 0 Å². The summed E-state index contributed by atoms with van der Waals surface area (Å²) in [7, 11) is 0. The summed E-state index contributed by atoms with van der Waals surface area (Å²) in [5.74, 6) is 0.162.